The molecule has 1 aliphatic heterocycles. The molecule has 108 valence electrons. The number of hydrogen-bond acceptors (Lipinski definition) is 3. The van der Waals surface area contributed by atoms with E-state index in [1.807, 2.05) is 24.3 Å². The van der Waals surface area contributed by atoms with E-state index in [2.05, 4.69) is 0 Å². The summed E-state index contributed by atoms with van der Waals surface area (Å²) in [4.78, 5) is 14.5. The van der Waals surface area contributed by atoms with Gasteiger partial charge in [-0.2, -0.15) is 0 Å². The van der Waals surface area contributed by atoms with Gasteiger partial charge in [-0.25, -0.2) is 0 Å². The van der Waals surface area contributed by atoms with Gasteiger partial charge in [-0.1, -0.05) is 24.3 Å². The molecule has 0 atom stereocenters. The highest BCUT2D eigenvalue weighted by molar-refractivity contribution is 5.96. The molecule has 21 heavy (non-hydrogen) atoms. The summed E-state index contributed by atoms with van der Waals surface area (Å²) in [5.74, 6) is 0.899. The van der Waals surface area contributed by atoms with Gasteiger partial charge in [-0.3, -0.25) is 4.79 Å². The molecule has 0 aliphatic carbocycles. The molecule has 0 saturated carbocycles. The maximum atomic E-state index is 12.7. The van der Waals surface area contributed by atoms with Gasteiger partial charge in [-0.05, 0) is 25.1 Å². The van der Waals surface area contributed by atoms with Crippen molar-refractivity contribution >= 4 is 5.91 Å². The summed E-state index contributed by atoms with van der Waals surface area (Å²) in [5, 5.41) is 9.77. The molecule has 2 aromatic carbocycles. The third-order valence-corrected chi connectivity index (χ3v) is 3.78. The lowest BCUT2D eigenvalue weighted by molar-refractivity contribution is 0.0732. The lowest BCUT2D eigenvalue weighted by atomic mass is 10.1. The molecular formula is C17H17NO3. The molecule has 0 saturated heterocycles. The van der Waals surface area contributed by atoms with Crippen LogP contribution in [0, 0.1) is 6.92 Å². The van der Waals surface area contributed by atoms with Crippen molar-refractivity contribution in [2.24, 2.45) is 0 Å². The summed E-state index contributed by atoms with van der Waals surface area (Å²) >= 11 is 0. The number of rotatable bonds is 1. The van der Waals surface area contributed by atoms with Crippen molar-refractivity contribution in [2.45, 2.75) is 13.5 Å². The van der Waals surface area contributed by atoms with Crippen molar-refractivity contribution < 1.29 is 14.6 Å². The summed E-state index contributed by atoms with van der Waals surface area (Å²) < 4.78 is 5.68. The Balaban J connectivity index is 1.90. The molecule has 1 N–H and O–H groups in total. The van der Waals surface area contributed by atoms with Crippen molar-refractivity contribution in [3.05, 3.63) is 59.2 Å². The highest BCUT2D eigenvalue weighted by Crippen LogP contribution is 2.25. The summed E-state index contributed by atoms with van der Waals surface area (Å²) in [5.41, 5.74) is 2.15. The molecule has 0 aromatic heterocycles. The summed E-state index contributed by atoms with van der Waals surface area (Å²) in [6.45, 7) is 3.28. The fraction of sp³-hybridized carbons (Fsp3) is 0.235. The Morgan fingerprint density at radius 3 is 2.86 bits per heavy atom. The minimum absolute atomic E-state index is 0.0799. The van der Waals surface area contributed by atoms with Crippen LogP contribution >= 0.6 is 0 Å². The Morgan fingerprint density at radius 1 is 1.19 bits per heavy atom. The smallest absolute Gasteiger partial charge is 0.254 e. The number of hydrogen-bond donors (Lipinski definition) is 1. The molecule has 1 heterocycles. The van der Waals surface area contributed by atoms with Crippen molar-refractivity contribution in [3.63, 3.8) is 0 Å². The molecule has 2 aromatic rings. The molecule has 0 spiro atoms. The van der Waals surface area contributed by atoms with E-state index in [4.69, 9.17) is 4.74 Å². The van der Waals surface area contributed by atoms with E-state index in [0.29, 0.717) is 30.8 Å². The van der Waals surface area contributed by atoms with Gasteiger partial charge in [0.2, 0.25) is 0 Å². The number of carbonyl (C=O) groups is 1. The first-order chi connectivity index (χ1) is 10.2. The second-order valence-corrected chi connectivity index (χ2v) is 5.13. The van der Waals surface area contributed by atoms with Crippen molar-refractivity contribution in [3.8, 4) is 11.5 Å². The molecule has 0 radical (unpaired) electrons. The number of amides is 1. The van der Waals surface area contributed by atoms with Crippen LogP contribution in [0.3, 0.4) is 0 Å². The Kier molecular flexibility index (Phi) is 3.52. The summed E-state index contributed by atoms with van der Waals surface area (Å²) in [6.07, 6.45) is 0. The van der Waals surface area contributed by atoms with Crippen LogP contribution in [0.15, 0.2) is 42.5 Å². The standard InChI is InChI=1S/C17H17NO3/c1-12-14(6-4-7-15(12)19)17(20)18-9-10-21-16-8-3-2-5-13(16)11-18/h2-8,19H,9-11H2,1H3. The van der Waals surface area contributed by atoms with Gasteiger partial charge in [0, 0.05) is 23.2 Å². The first-order valence-corrected chi connectivity index (χ1v) is 6.95. The number of phenolic OH excluding ortho intramolecular Hbond substituents is 1. The lowest BCUT2D eigenvalue weighted by Crippen LogP contribution is -2.32. The molecule has 4 heteroatoms. The van der Waals surface area contributed by atoms with E-state index in [0.717, 1.165) is 11.3 Å². The molecule has 3 rings (SSSR count). The SMILES string of the molecule is Cc1c(O)cccc1C(=O)N1CCOc2ccccc2C1. The zero-order valence-corrected chi connectivity index (χ0v) is 11.9. The Labute approximate surface area is 123 Å². The normalized spacial score (nSPS) is 14.0. The molecular weight excluding hydrogens is 266 g/mol. The maximum absolute atomic E-state index is 12.7. The fourth-order valence-electron chi connectivity index (χ4n) is 2.52. The van der Waals surface area contributed by atoms with E-state index >= 15 is 0 Å². The molecule has 1 amide bonds. The zero-order chi connectivity index (χ0) is 14.8. The zero-order valence-electron chi connectivity index (χ0n) is 11.9. The average molecular weight is 283 g/mol. The van der Waals surface area contributed by atoms with Gasteiger partial charge in [-0.15, -0.1) is 0 Å². The second kappa shape index (κ2) is 5.48. The van der Waals surface area contributed by atoms with Gasteiger partial charge in [0.15, 0.2) is 0 Å². The first-order valence-electron chi connectivity index (χ1n) is 6.95. The van der Waals surface area contributed by atoms with Crippen molar-refractivity contribution in [1.29, 1.82) is 0 Å². The van der Waals surface area contributed by atoms with Gasteiger partial charge in [0.05, 0.1) is 6.54 Å². The first kappa shape index (κ1) is 13.5. The number of carbonyl (C=O) groups excluding carboxylic acids is 1. The molecule has 4 nitrogen and oxygen atoms in total. The number of ether oxygens (including phenoxy) is 1. The van der Waals surface area contributed by atoms with E-state index in [-0.39, 0.29) is 11.7 Å². The van der Waals surface area contributed by atoms with Crippen molar-refractivity contribution in [2.75, 3.05) is 13.2 Å². The van der Waals surface area contributed by atoms with Crippen LogP contribution in [0.5, 0.6) is 11.5 Å². The topological polar surface area (TPSA) is 49.8 Å². The Hall–Kier alpha value is -2.49. The highest BCUT2D eigenvalue weighted by Gasteiger charge is 2.22. The van der Waals surface area contributed by atoms with E-state index in [1.165, 1.54) is 0 Å². The highest BCUT2D eigenvalue weighted by atomic mass is 16.5. The van der Waals surface area contributed by atoms with Crippen LogP contribution in [0.25, 0.3) is 0 Å². The monoisotopic (exact) mass is 283 g/mol. The predicted molar refractivity (Wildman–Crippen MR) is 79.5 cm³/mol. The average Bonchev–Trinajstić information content (AvgIpc) is 2.71. The van der Waals surface area contributed by atoms with E-state index < -0.39 is 0 Å². The van der Waals surface area contributed by atoms with Gasteiger partial charge in [0.25, 0.3) is 5.91 Å². The Bertz CT molecular complexity index is 681. The minimum Gasteiger partial charge on any atom is -0.508 e. The van der Waals surface area contributed by atoms with Crippen LogP contribution in [0.2, 0.25) is 0 Å². The van der Waals surface area contributed by atoms with Crippen LogP contribution in [0.1, 0.15) is 21.5 Å². The van der Waals surface area contributed by atoms with Crippen LogP contribution in [-0.2, 0) is 6.54 Å². The number of nitrogens with zero attached hydrogens (tertiary/aromatic N) is 1. The quantitative estimate of drug-likeness (QED) is 0.875. The van der Waals surface area contributed by atoms with Crippen molar-refractivity contribution in [1.82, 2.24) is 4.90 Å². The minimum atomic E-state index is -0.0799. The van der Waals surface area contributed by atoms with Crippen LogP contribution < -0.4 is 4.74 Å². The number of phenols is 1. The lowest BCUT2D eigenvalue weighted by Gasteiger charge is -2.21. The Morgan fingerprint density at radius 2 is 2.00 bits per heavy atom. The van der Waals surface area contributed by atoms with Crippen LogP contribution in [-0.4, -0.2) is 29.1 Å². The predicted octanol–water partition coefficient (Wildman–Crippen LogP) is 2.74. The van der Waals surface area contributed by atoms with Crippen LogP contribution in [0.4, 0.5) is 0 Å². The largest absolute Gasteiger partial charge is 0.508 e. The molecule has 0 fully saturated rings. The summed E-state index contributed by atoms with van der Waals surface area (Å²) in [6, 6.07) is 12.8. The van der Waals surface area contributed by atoms with Gasteiger partial charge >= 0.3 is 0 Å². The summed E-state index contributed by atoms with van der Waals surface area (Å²) in [7, 11) is 0. The number of benzene rings is 2. The molecule has 0 bridgehead atoms. The van der Waals surface area contributed by atoms with Gasteiger partial charge < -0.3 is 14.7 Å². The third kappa shape index (κ3) is 2.57. The van der Waals surface area contributed by atoms with E-state index in [1.54, 1.807) is 30.0 Å². The molecule has 1 aliphatic rings. The fourth-order valence-corrected chi connectivity index (χ4v) is 2.52. The van der Waals surface area contributed by atoms with E-state index in [9.17, 15) is 9.90 Å². The number of aromatic hydroxyl groups is 1. The van der Waals surface area contributed by atoms with Gasteiger partial charge in [0.1, 0.15) is 18.1 Å². The number of fused-ring (bicyclic) bond motifs is 1. The second-order valence-electron chi connectivity index (χ2n) is 5.13. The maximum Gasteiger partial charge on any atom is 0.254 e. The number of para-hydroxylation sites is 1. The third-order valence-electron chi connectivity index (χ3n) is 3.78. The molecule has 0 unspecified atom stereocenters.